The van der Waals surface area contributed by atoms with E-state index in [-0.39, 0.29) is 35.3 Å². The molecule has 2 aliphatic rings. The Balaban J connectivity index is 1.62. The molecule has 2 N–H and O–H groups in total. The molecule has 2 fully saturated rings. The lowest BCUT2D eigenvalue weighted by atomic mass is 9.81. The number of sulfone groups is 1. The monoisotopic (exact) mass is 461 g/mol. The molecule has 1 atom stereocenters. The highest BCUT2D eigenvalue weighted by Crippen LogP contribution is 2.40. The van der Waals surface area contributed by atoms with Crippen LogP contribution in [0.25, 0.3) is 0 Å². The van der Waals surface area contributed by atoms with Crippen LogP contribution in [0.5, 0.6) is 0 Å². The molecule has 10 heteroatoms. The van der Waals surface area contributed by atoms with E-state index in [4.69, 9.17) is 5.73 Å². The van der Waals surface area contributed by atoms with E-state index >= 15 is 0 Å². The molecule has 0 aromatic heterocycles. The van der Waals surface area contributed by atoms with E-state index in [0.29, 0.717) is 31.6 Å². The summed E-state index contributed by atoms with van der Waals surface area (Å²) in [7, 11) is -3.62. The van der Waals surface area contributed by atoms with Gasteiger partial charge < -0.3 is 10.6 Å². The van der Waals surface area contributed by atoms with Crippen molar-refractivity contribution in [2.24, 2.45) is 17.6 Å². The van der Waals surface area contributed by atoms with Crippen molar-refractivity contribution < 1.29 is 26.4 Å². The van der Waals surface area contributed by atoms with Gasteiger partial charge in [-0.15, -0.1) is 0 Å². The zero-order chi connectivity index (χ0) is 23.0. The van der Waals surface area contributed by atoms with Gasteiger partial charge in [-0.3, -0.25) is 9.69 Å². The lowest BCUT2D eigenvalue weighted by molar-refractivity contribution is -0.184. The molecule has 3 rings (SSSR count). The number of hydrogen-bond acceptors (Lipinski definition) is 5. The van der Waals surface area contributed by atoms with Gasteiger partial charge in [0.1, 0.15) is 0 Å². The minimum Gasteiger partial charge on any atom is -0.369 e. The van der Waals surface area contributed by atoms with Gasteiger partial charge in [-0.2, -0.15) is 13.2 Å². The van der Waals surface area contributed by atoms with E-state index in [9.17, 15) is 26.4 Å². The minimum absolute atomic E-state index is 0.0209. The summed E-state index contributed by atoms with van der Waals surface area (Å²) in [6.45, 7) is 4.93. The average molecular weight is 462 g/mol. The van der Waals surface area contributed by atoms with Crippen molar-refractivity contribution in [2.75, 3.05) is 37.3 Å². The number of benzene rings is 1. The number of primary amides is 1. The summed E-state index contributed by atoms with van der Waals surface area (Å²) in [5.74, 6) is -1.67. The molecule has 6 nitrogen and oxygen atoms in total. The number of alkyl halides is 3. The van der Waals surface area contributed by atoms with Gasteiger partial charge in [0.15, 0.2) is 9.84 Å². The van der Waals surface area contributed by atoms with Crippen LogP contribution in [-0.4, -0.2) is 63.9 Å². The first-order chi connectivity index (χ1) is 14.4. The second kappa shape index (κ2) is 8.97. The van der Waals surface area contributed by atoms with Gasteiger partial charge in [-0.1, -0.05) is 0 Å². The van der Waals surface area contributed by atoms with Gasteiger partial charge >= 0.3 is 6.18 Å². The Bertz CT molecular complexity index is 912. The van der Waals surface area contributed by atoms with Crippen LogP contribution in [0.4, 0.5) is 18.9 Å². The quantitative estimate of drug-likeness (QED) is 0.729. The number of halogens is 3. The van der Waals surface area contributed by atoms with Crippen molar-refractivity contribution in [1.29, 1.82) is 0 Å². The van der Waals surface area contributed by atoms with Crippen LogP contribution in [-0.2, 0) is 9.84 Å². The third kappa shape index (κ3) is 5.71. The van der Waals surface area contributed by atoms with Crippen molar-refractivity contribution >= 4 is 21.4 Å². The lowest BCUT2D eigenvalue weighted by Gasteiger charge is -2.43. The number of hydrogen-bond donors (Lipinski definition) is 1. The first-order valence-electron chi connectivity index (χ1n) is 10.6. The Labute approximate surface area is 181 Å². The van der Waals surface area contributed by atoms with Crippen LogP contribution in [0.3, 0.4) is 0 Å². The van der Waals surface area contributed by atoms with Gasteiger partial charge in [-0.25, -0.2) is 8.42 Å². The molecule has 1 saturated carbocycles. The van der Waals surface area contributed by atoms with Crippen LogP contribution >= 0.6 is 0 Å². The van der Waals surface area contributed by atoms with E-state index in [1.165, 1.54) is 12.1 Å². The van der Waals surface area contributed by atoms with Crippen LogP contribution in [0.2, 0.25) is 0 Å². The summed E-state index contributed by atoms with van der Waals surface area (Å²) in [6, 6.07) is 4.82. The van der Waals surface area contributed by atoms with Crippen LogP contribution in [0, 0.1) is 11.8 Å². The maximum absolute atomic E-state index is 12.9. The van der Waals surface area contributed by atoms with E-state index < -0.39 is 27.8 Å². The fraction of sp³-hybridized carbons (Fsp3) is 0.667. The predicted octanol–water partition coefficient (Wildman–Crippen LogP) is 3.07. The molecule has 0 unspecified atom stereocenters. The van der Waals surface area contributed by atoms with Gasteiger partial charge in [-0.05, 0) is 56.7 Å². The Hall–Kier alpha value is -1.81. The number of piperazine rings is 1. The summed E-state index contributed by atoms with van der Waals surface area (Å²) in [4.78, 5) is 15.9. The van der Waals surface area contributed by atoms with Crippen molar-refractivity contribution in [3.8, 4) is 0 Å². The Morgan fingerprint density at radius 2 is 1.81 bits per heavy atom. The number of rotatable bonds is 5. The Kier molecular flexibility index (Phi) is 6.90. The topological polar surface area (TPSA) is 83.7 Å². The molecular formula is C21H30F3N3O3S. The Morgan fingerprint density at radius 3 is 2.32 bits per heavy atom. The highest BCUT2D eigenvalue weighted by Gasteiger charge is 2.41. The molecule has 1 heterocycles. The van der Waals surface area contributed by atoms with E-state index in [1.54, 1.807) is 6.07 Å². The highest BCUT2D eigenvalue weighted by molar-refractivity contribution is 7.90. The molecule has 1 amide bonds. The largest absolute Gasteiger partial charge is 0.391 e. The van der Waals surface area contributed by atoms with Crippen LogP contribution in [0.15, 0.2) is 23.1 Å². The SMILES string of the molecule is C[C@H]1CN(c2ccc(C(N)=O)c(S(C)(=O)=O)c2)CCN1C[C@H]1CC[C@H](C(F)(F)F)CC1. The highest BCUT2D eigenvalue weighted by atomic mass is 32.2. The maximum Gasteiger partial charge on any atom is 0.391 e. The van der Waals surface area contributed by atoms with E-state index in [0.717, 1.165) is 19.3 Å². The van der Waals surface area contributed by atoms with Gasteiger partial charge in [0.05, 0.1) is 16.4 Å². The van der Waals surface area contributed by atoms with Crippen LogP contribution in [0.1, 0.15) is 43.0 Å². The van der Waals surface area contributed by atoms with Crippen LogP contribution < -0.4 is 10.6 Å². The maximum atomic E-state index is 12.9. The second-order valence-electron chi connectivity index (χ2n) is 8.87. The lowest BCUT2D eigenvalue weighted by Crippen LogP contribution is -2.53. The van der Waals surface area contributed by atoms with Gasteiger partial charge in [0.25, 0.3) is 0 Å². The minimum atomic E-state index is -4.08. The normalized spacial score (nSPS) is 26.1. The molecular weight excluding hydrogens is 431 g/mol. The zero-order valence-corrected chi connectivity index (χ0v) is 18.7. The first-order valence-corrected chi connectivity index (χ1v) is 12.4. The zero-order valence-electron chi connectivity index (χ0n) is 17.9. The van der Waals surface area contributed by atoms with E-state index in [2.05, 4.69) is 16.7 Å². The molecule has 1 aliphatic carbocycles. The summed E-state index contributed by atoms with van der Waals surface area (Å²) < 4.78 is 62.9. The fourth-order valence-electron chi connectivity index (χ4n) is 4.72. The molecule has 1 aromatic carbocycles. The van der Waals surface area contributed by atoms with E-state index in [1.807, 2.05) is 0 Å². The number of carbonyl (C=O) groups excluding carboxylic acids is 1. The molecule has 0 bridgehead atoms. The summed E-state index contributed by atoms with van der Waals surface area (Å²) in [5.41, 5.74) is 6.01. The Morgan fingerprint density at radius 1 is 1.16 bits per heavy atom. The number of carbonyl (C=O) groups is 1. The molecule has 31 heavy (non-hydrogen) atoms. The molecule has 1 saturated heterocycles. The number of anilines is 1. The predicted molar refractivity (Wildman–Crippen MR) is 113 cm³/mol. The van der Waals surface area contributed by atoms with Gasteiger partial charge in [0.2, 0.25) is 5.91 Å². The number of amides is 1. The molecule has 1 aromatic rings. The van der Waals surface area contributed by atoms with Crippen molar-refractivity contribution in [3.63, 3.8) is 0 Å². The molecule has 1 aliphatic heterocycles. The number of nitrogens with zero attached hydrogens (tertiary/aromatic N) is 2. The fourth-order valence-corrected chi connectivity index (χ4v) is 5.63. The van der Waals surface area contributed by atoms with Crippen molar-refractivity contribution in [1.82, 2.24) is 4.90 Å². The first kappa shape index (κ1) is 23.8. The summed E-state index contributed by atoms with van der Waals surface area (Å²) >= 11 is 0. The molecule has 174 valence electrons. The molecule has 0 spiro atoms. The van der Waals surface area contributed by atoms with Crippen molar-refractivity contribution in [3.05, 3.63) is 23.8 Å². The standard InChI is InChI=1S/C21H30F3N3O3S/c1-14-12-27(17-7-8-18(20(25)28)19(11-17)31(2,29)30)10-9-26(14)13-15-3-5-16(6-4-15)21(22,23)24/h7-8,11,14-16H,3-6,9-10,12-13H2,1-2H3,(H2,25,28)/t14-,15-,16-/m0/s1. The third-order valence-electron chi connectivity index (χ3n) is 6.56. The second-order valence-corrected chi connectivity index (χ2v) is 10.9. The third-order valence-corrected chi connectivity index (χ3v) is 7.70. The smallest absolute Gasteiger partial charge is 0.369 e. The van der Waals surface area contributed by atoms with Crippen molar-refractivity contribution in [2.45, 2.75) is 49.7 Å². The summed E-state index contributed by atoms with van der Waals surface area (Å²) in [6.07, 6.45) is -1.41. The summed E-state index contributed by atoms with van der Waals surface area (Å²) in [5, 5.41) is 0. The molecule has 0 radical (unpaired) electrons. The average Bonchev–Trinajstić information content (AvgIpc) is 2.68. The number of nitrogens with two attached hydrogens (primary N) is 1. The van der Waals surface area contributed by atoms with Gasteiger partial charge in [0, 0.05) is 44.2 Å².